The number of nitrogens with one attached hydrogen (secondary N) is 2. The molecule has 0 saturated carbocycles. The first kappa shape index (κ1) is 20.4. The van der Waals surface area contributed by atoms with Crippen LogP contribution in [-0.2, 0) is 27.1 Å². The molecule has 28 heavy (non-hydrogen) atoms. The SMILES string of the molecule is O=C(C[NH+]1CCN(S(=O)(=O)Cc2ccccc2)CC1)NCc1ccc(F)cc1. The van der Waals surface area contributed by atoms with Gasteiger partial charge in [0.1, 0.15) is 5.82 Å². The third kappa shape index (κ3) is 5.85. The Labute approximate surface area is 165 Å². The van der Waals surface area contributed by atoms with Gasteiger partial charge in [0.25, 0.3) is 5.91 Å². The summed E-state index contributed by atoms with van der Waals surface area (Å²) in [6.45, 7) is 2.67. The van der Waals surface area contributed by atoms with E-state index in [1.807, 2.05) is 30.3 Å². The first-order valence-electron chi connectivity index (χ1n) is 9.29. The number of benzene rings is 2. The fourth-order valence-electron chi connectivity index (χ4n) is 3.23. The molecule has 8 heteroatoms. The largest absolute Gasteiger partial charge is 0.347 e. The number of quaternary nitrogens is 1. The topological polar surface area (TPSA) is 70.9 Å². The molecular weight excluding hydrogens is 381 g/mol. The van der Waals surface area contributed by atoms with Crippen molar-refractivity contribution in [3.8, 4) is 0 Å². The molecule has 2 aromatic carbocycles. The number of nitrogens with zero attached hydrogens (tertiary/aromatic N) is 1. The van der Waals surface area contributed by atoms with Gasteiger partial charge >= 0.3 is 0 Å². The lowest BCUT2D eigenvalue weighted by atomic mass is 10.2. The molecule has 0 spiro atoms. The molecule has 0 unspecified atom stereocenters. The summed E-state index contributed by atoms with van der Waals surface area (Å²) in [6, 6.07) is 15.1. The number of hydrogen-bond acceptors (Lipinski definition) is 3. The van der Waals surface area contributed by atoms with E-state index in [2.05, 4.69) is 5.32 Å². The average Bonchev–Trinajstić information content (AvgIpc) is 2.68. The van der Waals surface area contributed by atoms with Crippen LogP contribution in [0.4, 0.5) is 4.39 Å². The highest BCUT2D eigenvalue weighted by molar-refractivity contribution is 7.88. The summed E-state index contributed by atoms with van der Waals surface area (Å²) in [5.41, 5.74) is 1.61. The zero-order valence-corrected chi connectivity index (χ0v) is 16.4. The highest BCUT2D eigenvalue weighted by Crippen LogP contribution is 2.10. The number of piperazine rings is 1. The average molecular weight is 407 g/mol. The van der Waals surface area contributed by atoms with Gasteiger partial charge in [-0.3, -0.25) is 4.79 Å². The lowest BCUT2D eigenvalue weighted by molar-refractivity contribution is -0.895. The van der Waals surface area contributed by atoms with Crippen LogP contribution < -0.4 is 10.2 Å². The van der Waals surface area contributed by atoms with Crippen LogP contribution in [0.25, 0.3) is 0 Å². The van der Waals surface area contributed by atoms with Crippen molar-refractivity contribution in [2.24, 2.45) is 0 Å². The van der Waals surface area contributed by atoms with Gasteiger partial charge in [0.2, 0.25) is 10.0 Å². The Morgan fingerprint density at radius 1 is 1.00 bits per heavy atom. The molecule has 2 N–H and O–H groups in total. The Morgan fingerprint density at radius 2 is 1.64 bits per heavy atom. The van der Waals surface area contributed by atoms with Crippen molar-refractivity contribution in [3.05, 3.63) is 71.5 Å². The van der Waals surface area contributed by atoms with Crippen LogP contribution >= 0.6 is 0 Å². The van der Waals surface area contributed by atoms with Crippen molar-refractivity contribution in [3.63, 3.8) is 0 Å². The number of hydrogen-bond donors (Lipinski definition) is 2. The molecule has 150 valence electrons. The molecule has 2 aromatic rings. The van der Waals surface area contributed by atoms with E-state index in [1.54, 1.807) is 12.1 Å². The van der Waals surface area contributed by atoms with Crippen LogP contribution in [0.1, 0.15) is 11.1 Å². The monoisotopic (exact) mass is 406 g/mol. The van der Waals surface area contributed by atoms with Crippen molar-refractivity contribution in [1.29, 1.82) is 0 Å². The number of carbonyl (C=O) groups excluding carboxylic acids is 1. The van der Waals surface area contributed by atoms with Gasteiger partial charge in [0, 0.05) is 6.54 Å². The normalized spacial score (nSPS) is 16.0. The van der Waals surface area contributed by atoms with Gasteiger partial charge in [0.05, 0.1) is 31.9 Å². The molecular formula is C20H25FN3O3S+. The summed E-state index contributed by atoms with van der Waals surface area (Å²) in [5.74, 6) is -0.402. The second kappa shape index (κ2) is 9.27. The van der Waals surface area contributed by atoms with E-state index in [-0.39, 0.29) is 17.5 Å². The predicted molar refractivity (Wildman–Crippen MR) is 104 cm³/mol. The Kier molecular flexibility index (Phi) is 6.77. The van der Waals surface area contributed by atoms with Gasteiger partial charge in [-0.2, -0.15) is 4.31 Å². The van der Waals surface area contributed by atoms with E-state index < -0.39 is 10.0 Å². The summed E-state index contributed by atoms with van der Waals surface area (Å²) < 4.78 is 39.6. The Hall–Kier alpha value is -2.29. The Bertz CT molecular complexity index is 881. The molecule has 1 fully saturated rings. The summed E-state index contributed by atoms with van der Waals surface area (Å²) in [7, 11) is -3.35. The Morgan fingerprint density at radius 3 is 2.29 bits per heavy atom. The summed E-state index contributed by atoms with van der Waals surface area (Å²) >= 11 is 0. The minimum absolute atomic E-state index is 0.00132. The number of sulfonamides is 1. The third-order valence-electron chi connectivity index (χ3n) is 4.83. The fourth-order valence-corrected chi connectivity index (χ4v) is 4.76. The molecule has 1 saturated heterocycles. The van der Waals surface area contributed by atoms with Gasteiger partial charge in [-0.05, 0) is 23.3 Å². The van der Waals surface area contributed by atoms with E-state index in [0.29, 0.717) is 39.3 Å². The van der Waals surface area contributed by atoms with Crippen LogP contribution in [0, 0.1) is 5.82 Å². The summed E-state index contributed by atoms with van der Waals surface area (Å²) in [5, 5.41) is 2.83. The minimum atomic E-state index is -3.35. The number of halogens is 1. The Balaban J connectivity index is 1.43. The zero-order chi connectivity index (χ0) is 20.0. The molecule has 0 bridgehead atoms. The van der Waals surface area contributed by atoms with Crippen molar-refractivity contribution in [1.82, 2.24) is 9.62 Å². The molecule has 6 nitrogen and oxygen atoms in total. The van der Waals surface area contributed by atoms with Gasteiger partial charge in [0.15, 0.2) is 6.54 Å². The summed E-state index contributed by atoms with van der Waals surface area (Å²) in [4.78, 5) is 13.2. The highest BCUT2D eigenvalue weighted by atomic mass is 32.2. The van der Waals surface area contributed by atoms with E-state index in [4.69, 9.17) is 0 Å². The van der Waals surface area contributed by atoms with Crippen LogP contribution in [0.5, 0.6) is 0 Å². The highest BCUT2D eigenvalue weighted by Gasteiger charge is 2.29. The van der Waals surface area contributed by atoms with Crippen LogP contribution in [0.3, 0.4) is 0 Å². The molecule has 1 heterocycles. The van der Waals surface area contributed by atoms with Gasteiger partial charge in [-0.1, -0.05) is 42.5 Å². The molecule has 0 aromatic heterocycles. The number of amides is 1. The van der Waals surface area contributed by atoms with E-state index >= 15 is 0 Å². The van der Waals surface area contributed by atoms with Gasteiger partial charge in [-0.25, -0.2) is 12.8 Å². The third-order valence-corrected chi connectivity index (χ3v) is 6.68. The van der Waals surface area contributed by atoms with Crippen LogP contribution in [0.15, 0.2) is 54.6 Å². The quantitative estimate of drug-likeness (QED) is 0.689. The standard InChI is InChI=1S/C20H24FN3O3S/c21-19-8-6-17(7-9-19)14-22-20(25)15-23-10-12-24(13-11-23)28(26,27)16-18-4-2-1-3-5-18/h1-9H,10-16H2,(H,22,25)/p+1. The molecule has 1 amide bonds. The van der Waals surface area contributed by atoms with Gasteiger partial charge < -0.3 is 10.2 Å². The maximum atomic E-state index is 12.9. The van der Waals surface area contributed by atoms with Crippen molar-refractivity contribution < 1.29 is 22.5 Å². The van der Waals surface area contributed by atoms with Crippen molar-refractivity contribution in [2.45, 2.75) is 12.3 Å². The lowest BCUT2D eigenvalue weighted by Crippen LogP contribution is -3.15. The van der Waals surface area contributed by atoms with Crippen LogP contribution in [0.2, 0.25) is 0 Å². The maximum Gasteiger partial charge on any atom is 0.275 e. The van der Waals surface area contributed by atoms with E-state index in [1.165, 1.54) is 16.4 Å². The predicted octanol–water partition coefficient (Wildman–Crippen LogP) is 0.172. The van der Waals surface area contributed by atoms with E-state index in [9.17, 15) is 17.6 Å². The minimum Gasteiger partial charge on any atom is -0.347 e. The lowest BCUT2D eigenvalue weighted by Gasteiger charge is -2.31. The first-order chi connectivity index (χ1) is 13.4. The number of carbonyl (C=O) groups is 1. The molecule has 0 aliphatic carbocycles. The molecule has 1 aliphatic heterocycles. The van der Waals surface area contributed by atoms with Crippen molar-refractivity contribution >= 4 is 15.9 Å². The van der Waals surface area contributed by atoms with Crippen molar-refractivity contribution in [2.75, 3.05) is 32.7 Å². The zero-order valence-electron chi connectivity index (χ0n) is 15.6. The molecule has 0 atom stereocenters. The second-order valence-electron chi connectivity index (χ2n) is 6.97. The maximum absolute atomic E-state index is 12.9. The summed E-state index contributed by atoms with van der Waals surface area (Å²) in [6.07, 6.45) is 0. The molecule has 1 aliphatic rings. The van der Waals surface area contributed by atoms with Gasteiger partial charge in [-0.15, -0.1) is 0 Å². The first-order valence-corrected chi connectivity index (χ1v) is 10.9. The fraction of sp³-hybridized carbons (Fsp3) is 0.350. The van der Waals surface area contributed by atoms with Crippen LogP contribution in [-0.4, -0.2) is 51.4 Å². The smallest absolute Gasteiger partial charge is 0.275 e. The molecule has 0 radical (unpaired) electrons. The van der Waals surface area contributed by atoms with E-state index in [0.717, 1.165) is 16.0 Å². The number of rotatable bonds is 7. The molecule has 3 rings (SSSR count). The second-order valence-corrected chi connectivity index (χ2v) is 8.94.